The van der Waals surface area contributed by atoms with Crippen LogP contribution in [0, 0.1) is 11.3 Å². The number of nitriles is 1. The second-order valence-electron chi connectivity index (χ2n) is 2.86. The van der Waals surface area contributed by atoms with Gasteiger partial charge in [0, 0.05) is 13.0 Å². The molecular weight excluding hydrogens is 271 g/mol. The summed E-state index contributed by atoms with van der Waals surface area (Å²) in [6, 6.07) is 6.26. The van der Waals surface area contributed by atoms with Crippen LogP contribution in [0.2, 0.25) is 10.0 Å². The lowest BCUT2D eigenvalue weighted by Gasteiger charge is -2.08. The first-order valence-corrected chi connectivity index (χ1v) is 6.53. The van der Waals surface area contributed by atoms with E-state index in [2.05, 4.69) is 4.72 Å². The summed E-state index contributed by atoms with van der Waals surface area (Å²) in [7, 11) is -3.76. The lowest BCUT2D eigenvalue weighted by atomic mass is 10.4. The molecule has 0 unspecified atom stereocenters. The molecule has 0 aliphatic rings. The predicted octanol–water partition coefficient (Wildman–Crippen LogP) is 2.19. The van der Waals surface area contributed by atoms with Crippen molar-refractivity contribution in [1.29, 1.82) is 5.26 Å². The number of rotatable bonds is 4. The summed E-state index contributed by atoms with van der Waals surface area (Å²) < 4.78 is 25.8. The van der Waals surface area contributed by atoms with Crippen molar-refractivity contribution in [1.82, 2.24) is 4.72 Å². The van der Waals surface area contributed by atoms with Gasteiger partial charge in [-0.3, -0.25) is 0 Å². The number of benzene rings is 1. The molecule has 0 aliphatic heterocycles. The van der Waals surface area contributed by atoms with Gasteiger partial charge in [0.15, 0.2) is 0 Å². The molecule has 0 aromatic heterocycles. The summed E-state index contributed by atoms with van der Waals surface area (Å²) >= 11 is 11.5. The van der Waals surface area contributed by atoms with Crippen LogP contribution in [0.3, 0.4) is 0 Å². The van der Waals surface area contributed by atoms with Crippen LogP contribution in [-0.2, 0) is 10.0 Å². The Bertz CT molecular complexity index is 503. The second kappa shape index (κ2) is 5.51. The van der Waals surface area contributed by atoms with Gasteiger partial charge < -0.3 is 0 Å². The van der Waals surface area contributed by atoms with Crippen LogP contribution >= 0.6 is 23.2 Å². The maximum absolute atomic E-state index is 11.8. The van der Waals surface area contributed by atoms with E-state index in [1.807, 2.05) is 6.07 Å². The minimum atomic E-state index is -3.76. The molecule has 1 aromatic rings. The zero-order chi connectivity index (χ0) is 12.2. The van der Waals surface area contributed by atoms with Gasteiger partial charge in [-0.15, -0.1) is 0 Å². The first-order valence-electron chi connectivity index (χ1n) is 4.29. The van der Waals surface area contributed by atoms with Gasteiger partial charge in [0.1, 0.15) is 4.90 Å². The highest BCUT2D eigenvalue weighted by atomic mass is 35.5. The SMILES string of the molecule is N#CCCNS(=O)(=O)c1c(Cl)cccc1Cl. The van der Waals surface area contributed by atoms with Crippen molar-refractivity contribution in [3.63, 3.8) is 0 Å². The first-order chi connectivity index (χ1) is 7.49. The topological polar surface area (TPSA) is 70.0 Å². The summed E-state index contributed by atoms with van der Waals surface area (Å²) in [4.78, 5) is -0.156. The number of halogens is 2. The van der Waals surface area contributed by atoms with Crippen molar-refractivity contribution in [3.8, 4) is 6.07 Å². The Kier molecular flexibility index (Phi) is 4.56. The third-order valence-electron chi connectivity index (χ3n) is 1.72. The first kappa shape index (κ1) is 13.3. The number of hydrogen-bond donors (Lipinski definition) is 1. The summed E-state index contributed by atoms with van der Waals surface area (Å²) in [5.74, 6) is 0. The zero-order valence-electron chi connectivity index (χ0n) is 8.07. The molecule has 0 bridgehead atoms. The van der Waals surface area contributed by atoms with E-state index in [9.17, 15) is 8.42 Å². The quantitative estimate of drug-likeness (QED) is 0.859. The fourth-order valence-electron chi connectivity index (χ4n) is 1.05. The Morgan fingerprint density at radius 3 is 2.38 bits per heavy atom. The van der Waals surface area contributed by atoms with Gasteiger partial charge in [0.05, 0.1) is 16.1 Å². The molecule has 0 heterocycles. The van der Waals surface area contributed by atoms with Crippen molar-refractivity contribution in [2.24, 2.45) is 0 Å². The molecule has 7 heteroatoms. The smallest absolute Gasteiger partial charge is 0.210 e. The van der Waals surface area contributed by atoms with Crippen molar-refractivity contribution < 1.29 is 8.42 Å². The Morgan fingerprint density at radius 1 is 1.31 bits per heavy atom. The molecule has 0 aliphatic carbocycles. The fraction of sp³-hybridized carbons (Fsp3) is 0.222. The van der Waals surface area contributed by atoms with E-state index in [0.717, 1.165) is 0 Å². The van der Waals surface area contributed by atoms with Crippen molar-refractivity contribution in [3.05, 3.63) is 28.2 Å². The average molecular weight is 279 g/mol. The summed E-state index contributed by atoms with van der Waals surface area (Å²) in [6.07, 6.45) is 0.0846. The standard InChI is InChI=1S/C9H8Cl2N2O2S/c10-7-3-1-4-8(11)9(7)16(14,15)13-6-2-5-12/h1,3-4,13H,2,6H2. The van der Waals surface area contributed by atoms with E-state index in [1.54, 1.807) is 6.07 Å². The predicted molar refractivity (Wildman–Crippen MR) is 61.9 cm³/mol. The normalized spacial score (nSPS) is 11.1. The molecule has 0 radical (unpaired) electrons. The van der Waals surface area contributed by atoms with Crippen LogP contribution in [0.1, 0.15) is 6.42 Å². The van der Waals surface area contributed by atoms with Crippen molar-refractivity contribution >= 4 is 33.2 Å². The molecule has 0 fully saturated rings. The molecular formula is C9H8Cl2N2O2S. The molecule has 1 aromatic carbocycles. The average Bonchev–Trinajstić information content (AvgIpc) is 2.17. The Hall–Kier alpha value is -0.800. The largest absolute Gasteiger partial charge is 0.243 e. The van der Waals surface area contributed by atoms with E-state index in [-0.39, 0.29) is 27.9 Å². The van der Waals surface area contributed by atoms with Gasteiger partial charge in [-0.05, 0) is 12.1 Å². The molecule has 0 atom stereocenters. The number of nitrogens with zero attached hydrogens (tertiary/aromatic N) is 1. The van der Waals surface area contributed by atoms with E-state index >= 15 is 0 Å². The molecule has 4 nitrogen and oxygen atoms in total. The fourth-order valence-corrected chi connectivity index (χ4v) is 3.22. The molecule has 0 spiro atoms. The lowest BCUT2D eigenvalue weighted by Crippen LogP contribution is -2.25. The maximum atomic E-state index is 11.8. The minimum absolute atomic E-state index is 0.0282. The summed E-state index contributed by atoms with van der Waals surface area (Å²) in [5.41, 5.74) is 0. The molecule has 0 saturated heterocycles. The molecule has 0 saturated carbocycles. The maximum Gasteiger partial charge on any atom is 0.243 e. The minimum Gasteiger partial charge on any atom is -0.210 e. The van der Waals surface area contributed by atoms with E-state index < -0.39 is 10.0 Å². The van der Waals surface area contributed by atoms with Gasteiger partial charge in [0.2, 0.25) is 10.0 Å². The summed E-state index contributed by atoms with van der Waals surface area (Å²) in [6.45, 7) is 0.0282. The van der Waals surface area contributed by atoms with Gasteiger partial charge in [0.25, 0.3) is 0 Å². The number of hydrogen-bond acceptors (Lipinski definition) is 3. The molecule has 86 valence electrons. The van der Waals surface area contributed by atoms with Crippen LogP contribution in [0.4, 0.5) is 0 Å². The van der Waals surface area contributed by atoms with Crippen LogP contribution in [0.15, 0.2) is 23.1 Å². The van der Waals surface area contributed by atoms with Crippen LogP contribution in [-0.4, -0.2) is 15.0 Å². The highest BCUT2D eigenvalue weighted by molar-refractivity contribution is 7.89. The molecule has 1 N–H and O–H groups in total. The van der Waals surface area contributed by atoms with Gasteiger partial charge in [-0.2, -0.15) is 5.26 Å². The van der Waals surface area contributed by atoms with Gasteiger partial charge in [-0.1, -0.05) is 29.3 Å². The van der Waals surface area contributed by atoms with E-state index in [0.29, 0.717) is 0 Å². The van der Waals surface area contributed by atoms with Crippen LogP contribution in [0.25, 0.3) is 0 Å². The molecule has 0 amide bonds. The second-order valence-corrected chi connectivity index (χ2v) is 5.37. The van der Waals surface area contributed by atoms with Crippen LogP contribution < -0.4 is 4.72 Å². The molecule has 1 rings (SSSR count). The van der Waals surface area contributed by atoms with E-state index in [1.165, 1.54) is 12.1 Å². The Labute approximate surface area is 104 Å². The number of nitrogens with one attached hydrogen (secondary N) is 1. The monoisotopic (exact) mass is 278 g/mol. The van der Waals surface area contributed by atoms with Gasteiger partial charge in [-0.25, -0.2) is 13.1 Å². The third kappa shape index (κ3) is 3.09. The highest BCUT2D eigenvalue weighted by Gasteiger charge is 2.20. The third-order valence-corrected chi connectivity index (χ3v) is 4.13. The van der Waals surface area contributed by atoms with Gasteiger partial charge >= 0.3 is 0 Å². The zero-order valence-corrected chi connectivity index (χ0v) is 10.4. The van der Waals surface area contributed by atoms with Crippen molar-refractivity contribution in [2.45, 2.75) is 11.3 Å². The lowest BCUT2D eigenvalue weighted by molar-refractivity contribution is 0.582. The molecule has 16 heavy (non-hydrogen) atoms. The summed E-state index contributed by atoms with van der Waals surface area (Å²) in [5, 5.41) is 8.41. The number of sulfonamides is 1. The Morgan fingerprint density at radius 2 is 1.88 bits per heavy atom. The van der Waals surface area contributed by atoms with Crippen molar-refractivity contribution in [2.75, 3.05) is 6.54 Å². The van der Waals surface area contributed by atoms with Crippen LogP contribution in [0.5, 0.6) is 0 Å². The van der Waals surface area contributed by atoms with E-state index in [4.69, 9.17) is 28.5 Å². The highest BCUT2D eigenvalue weighted by Crippen LogP contribution is 2.28. The Balaban J connectivity index is 3.04.